The molecule has 0 amide bonds. The summed E-state index contributed by atoms with van der Waals surface area (Å²) in [5.74, 6) is 0.810. The van der Waals surface area contributed by atoms with Gasteiger partial charge < -0.3 is 10.1 Å². The fraction of sp³-hybridized carbons (Fsp3) is 0.600. The smallest absolute Gasteiger partial charge is 0.390 e. The number of rotatable bonds is 3. The Morgan fingerprint density at radius 3 is 2.64 bits per heavy atom. The molecule has 1 fully saturated rings. The molecule has 1 saturated heterocycles. The summed E-state index contributed by atoms with van der Waals surface area (Å²) in [7, 11) is 0. The first-order valence-corrected chi connectivity index (χ1v) is 7.30. The van der Waals surface area contributed by atoms with Crippen LogP contribution in [0.4, 0.5) is 13.2 Å². The molecular formula is C15H20ClF3N2O. The Kier molecular flexibility index (Phi) is 5.58. The highest BCUT2D eigenvalue weighted by atomic mass is 35.5. The second kappa shape index (κ2) is 7.06. The standard InChI is InChI=1S/C15H19F3N2O.ClH/c16-15(17,18)10-13(20-6-4-19-5-7-20)11-1-2-14-12(9-11)3-8-21-14;/h1-2,9,13,19H,3-8,10H2;1H/t13-;/m1./s1. The van der Waals surface area contributed by atoms with Crippen LogP contribution in [0.5, 0.6) is 5.75 Å². The van der Waals surface area contributed by atoms with Gasteiger partial charge in [0.1, 0.15) is 5.75 Å². The van der Waals surface area contributed by atoms with E-state index in [1.54, 1.807) is 6.07 Å². The zero-order valence-electron chi connectivity index (χ0n) is 12.2. The highest BCUT2D eigenvalue weighted by molar-refractivity contribution is 5.85. The molecule has 0 aliphatic carbocycles. The summed E-state index contributed by atoms with van der Waals surface area (Å²) >= 11 is 0. The molecule has 7 heteroatoms. The lowest BCUT2D eigenvalue weighted by Crippen LogP contribution is -2.46. The van der Waals surface area contributed by atoms with Crippen molar-refractivity contribution in [3.05, 3.63) is 29.3 Å². The highest BCUT2D eigenvalue weighted by Crippen LogP contribution is 2.36. The van der Waals surface area contributed by atoms with E-state index in [-0.39, 0.29) is 12.4 Å². The van der Waals surface area contributed by atoms with Gasteiger partial charge in [-0.25, -0.2) is 0 Å². The zero-order valence-corrected chi connectivity index (χ0v) is 13.0. The van der Waals surface area contributed by atoms with Gasteiger partial charge in [0, 0.05) is 38.6 Å². The van der Waals surface area contributed by atoms with E-state index in [4.69, 9.17) is 4.74 Å². The van der Waals surface area contributed by atoms with Crippen LogP contribution in [-0.2, 0) is 6.42 Å². The normalized spacial score (nSPS) is 20.0. The van der Waals surface area contributed by atoms with Gasteiger partial charge in [-0.1, -0.05) is 12.1 Å². The summed E-state index contributed by atoms with van der Waals surface area (Å²) in [6.07, 6.45) is -4.18. The van der Waals surface area contributed by atoms with Gasteiger partial charge in [0.05, 0.1) is 13.0 Å². The van der Waals surface area contributed by atoms with E-state index >= 15 is 0 Å². The number of nitrogens with zero attached hydrogens (tertiary/aromatic N) is 1. The zero-order chi connectivity index (χ0) is 14.9. The minimum absolute atomic E-state index is 0. The van der Waals surface area contributed by atoms with E-state index in [9.17, 15) is 13.2 Å². The Hall–Kier alpha value is -0.980. The minimum atomic E-state index is -4.16. The van der Waals surface area contributed by atoms with Crippen LogP contribution in [0.3, 0.4) is 0 Å². The molecule has 0 unspecified atom stereocenters. The van der Waals surface area contributed by atoms with Crippen molar-refractivity contribution in [2.45, 2.75) is 25.1 Å². The van der Waals surface area contributed by atoms with Gasteiger partial charge in [-0.3, -0.25) is 4.90 Å². The fourth-order valence-electron chi connectivity index (χ4n) is 3.08. The number of nitrogens with one attached hydrogen (secondary N) is 1. The Bertz CT molecular complexity index is 504. The van der Waals surface area contributed by atoms with Crippen molar-refractivity contribution < 1.29 is 17.9 Å². The molecule has 0 bridgehead atoms. The topological polar surface area (TPSA) is 24.5 Å². The molecule has 0 spiro atoms. The first-order chi connectivity index (χ1) is 10.0. The van der Waals surface area contributed by atoms with Gasteiger partial charge >= 0.3 is 6.18 Å². The van der Waals surface area contributed by atoms with E-state index in [1.807, 2.05) is 17.0 Å². The van der Waals surface area contributed by atoms with Crippen molar-refractivity contribution in [3.63, 3.8) is 0 Å². The molecule has 0 saturated carbocycles. The van der Waals surface area contributed by atoms with Crippen molar-refractivity contribution in [1.82, 2.24) is 10.2 Å². The lowest BCUT2D eigenvalue weighted by molar-refractivity contribution is -0.148. The molecule has 0 aromatic heterocycles. The number of benzene rings is 1. The van der Waals surface area contributed by atoms with Crippen LogP contribution in [0.1, 0.15) is 23.6 Å². The molecule has 3 nitrogen and oxygen atoms in total. The summed E-state index contributed by atoms with van der Waals surface area (Å²) in [4.78, 5) is 1.93. The monoisotopic (exact) mass is 336 g/mol. The molecule has 1 atom stereocenters. The maximum atomic E-state index is 13.0. The third-order valence-electron chi connectivity index (χ3n) is 4.12. The second-order valence-corrected chi connectivity index (χ2v) is 5.59. The third-order valence-corrected chi connectivity index (χ3v) is 4.12. The molecule has 2 aliphatic heterocycles. The SMILES string of the molecule is Cl.FC(F)(F)C[C@H](c1ccc2c(c1)CCO2)N1CCNCC1. The van der Waals surface area contributed by atoms with E-state index in [2.05, 4.69) is 5.32 Å². The quantitative estimate of drug-likeness (QED) is 0.918. The number of halogens is 4. The maximum Gasteiger partial charge on any atom is 0.390 e. The predicted molar refractivity (Wildman–Crippen MR) is 80.7 cm³/mol. The van der Waals surface area contributed by atoms with Crippen LogP contribution in [0.2, 0.25) is 0 Å². The molecule has 1 N–H and O–H groups in total. The summed E-state index contributed by atoms with van der Waals surface area (Å²) in [5, 5.41) is 3.18. The van der Waals surface area contributed by atoms with E-state index < -0.39 is 18.6 Å². The molecule has 2 heterocycles. The van der Waals surface area contributed by atoms with E-state index in [1.165, 1.54) is 0 Å². The first-order valence-electron chi connectivity index (χ1n) is 7.30. The van der Waals surface area contributed by atoms with Gasteiger partial charge in [-0.05, 0) is 17.2 Å². The van der Waals surface area contributed by atoms with E-state index in [0.717, 1.165) is 36.4 Å². The predicted octanol–water partition coefficient (Wildman–Crippen LogP) is 2.94. The highest BCUT2D eigenvalue weighted by Gasteiger charge is 2.36. The molecule has 3 rings (SSSR count). The van der Waals surface area contributed by atoms with Gasteiger partial charge in [0.2, 0.25) is 0 Å². The number of hydrogen-bond acceptors (Lipinski definition) is 3. The largest absolute Gasteiger partial charge is 0.493 e. The van der Waals surface area contributed by atoms with Crippen LogP contribution in [0, 0.1) is 0 Å². The average Bonchev–Trinajstić information content (AvgIpc) is 2.92. The molecule has 124 valence electrons. The molecule has 22 heavy (non-hydrogen) atoms. The Morgan fingerprint density at radius 1 is 1.23 bits per heavy atom. The molecular weight excluding hydrogens is 317 g/mol. The van der Waals surface area contributed by atoms with Gasteiger partial charge in [-0.15, -0.1) is 12.4 Å². The van der Waals surface area contributed by atoms with Crippen LogP contribution < -0.4 is 10.1 Å². The Morgan fingerprint density at radius 2 is 1.95 bits per heavy atom. The number of ether oxygens (including phenoxy) is 1. The lowest BCUT2D eigenvalue weighted by atomic mass is 9.98. The Labute approximate surface area is 134 Å². The number of piperazine rings is 1. The number of hydrogen-bond donors (Lipinski definition) is 1. The Balaban J connectivity index is 0.00000176. The van der Waals surface area contributed by atoms with Crippen molar-refractivity contribution in [1.29, 1.82) is 0 Å². The van der Waals surface area contributed by atoms with Crippen LogP contribution >= 0.6 is 12.4 Å². The maximum absolute atomic E-state index is 13.0. The summed E-state index contributed by atoms with van der Waals surface area (Å²) in [5.41, 5.74) is 1.77. The number of fused-ring (bicyclic) bond motifs is 1. The van der Waals surface area contributed by atoms with Gasteiger partial charge in [0.15, 0.2) is 0 Å². The van der Waals surface area contributed by atoms with Crippen molar-refractivity contribution in [3.8, 4) is 5.75 Å². The molecule has 0 radical (unpaired) electrons. The first kappa shape index (κ1) is 17.4. The van der Waals surface area contributed by atoms with Crippen molar-refractivity contribution in [2.24, 2.45) is 0 Å². The van der Waals surface area contributed by atoms with Crippen LogP contribution in [-0.4, -0.2) is 43.9 Å². The van der Waals surface area contributed by atoms with E-state index in [0.29, 0.717) is 19.7 Å². The van der Waals surface area contributed by atoms with Crippen molar-refractivity contribution >= 4 is 12.4 Å². The summed E-state index contributed by atoms with van der Waals surface area (Å²) in [6, 6.07) is 4.88. The average molecular weight is 337 g/mol. The van der Waals surface area contributed by atoms with Crippen LogP contribution in [0.25, 0.3) is 0 Å². The summed E-state index contributed by atoms with van der Waals surface area (Å²) < 4.78 is 44.3. The van der Waals surface area contributed by atoms with Crippen molar-refractivity contribution in [2.75, 3.05) is 32.8 Å². The second-order valence-electron chi connectivity index (χ2n) is 5.59. The molecule has 1 aromatic carbocycles. The molecule has 2 aliphatic rings. The third kappa shape index (κ3) is 4.06. The van der Waals surface area contributed by atoms with Gasteiger partial charge in [-0.2, -0.15) is 13.2 Å². The lowest BCUT2D eigenvalue weighted by Gasteiger charge is -2.35. The van der Waals surface area contributed by atoms with Gasteiger partial charge in [0.25, 0.3) is 0 Å². The molecule has 1 aromatic rings. The van der Waals surface area contributed by atoms with Crippen LogP contribution in [0.15, 0.2) is 18.2 Å². The summed E-state index contributed by atoms with van der Waals surface area (Å²) in [6.45, 7) is 3.39. The fourth-order valence-corrected chi connectivity index (χ4v) is 3.08. The number of alkyl halides is 3. The minimum Gasteiger partial charge on any atom is -0.493 e.